The highest BCUT2D eigenvalue weighted by atomic mass is 35.5. The van der Waals surface area contributed by atoms with Gasteiger partial charge in [-0.05, 0) is 29.8 Å². The summed E-state index contributed by atoms with van der Waals surface area (Å²) in [7, 11) is 0. The number of halogens is 1. The Hall–Kier alpha value is -1.71. The van der Waals surface area contributed by atoms with E-state index in [4.69, 9.17) is 16.3 Å². The van der Waals surface area contributed by atoms with Gasteiger partial charge in [-0.15, -0.1) is 0 Å². The van der Waals surface area contributed by atoms with E-state index in [0.717, 1.165) is 5.56 Å². The Balaban J connectivity index is 2.06. The standard InChI is InChI=1S/C15H15ClO3/c16-14-6-1-2-7-15(14)19-10-12(9-17)11-4-3-5-13(18)8-11/h1-8,12,17-18H,9-10H2. The Morgan fingerprint density at radius 3 is 2.58 bits per heavy atom. The largest absolute Gasteiger partial charge is 0.508 e. The molecule has 2 N–H and O–H groups in total. The van der Waals surface area contributed by atoms with Gasteiger partial charge in [-0.2, -0.15) is 0 Å². The summed E-state index contributed by atoms with van der Waals surface area (Å²) in [6.45, 7) is 0.234. The summed E-state index contributed by atoms with van der Waals surface area (Å²) in [5, 5.41) is 19.4. The van der Waals surface area contributed by atoms with E-state index in [1.807, 2.05) is 18.2 Å². The second-order valence-corrected chi connectivity index (χ2v) is 4.62. The van der Waals surface area contributed by atoms with E-state index >= 15 is 0 Å². The highest BCUT2D eigenvalue weighted by Gasteiger charge is 2.13. The normalized spacial score (nSPS) is 12.1. The molecule has 0 fully saturated rings. The first-order valence-electron chi connectivity index (χ1n) is 5.98. The van der Waals surface area contributed by atoms with Gasteiger partial charge >= 0.3 is 0 Å². The number of hydrogen-bond donors (Lipinski definition) is 2. The molecule has 0 aliphatic heterocycles. The van der Waals surface area contributed by atoms with Crippen molar-refractivity contribution >= 4 is 11.6 Å². The molecule has 0 heterocycles. The first-order chi connectivity index (χ1) is 9.20. The van der Waals surface area contributed by atoms with Crippen LogP contribution in [-0.2, 0) is 0 Å². The molecule has 2 aromatic carbocycles. The Morgan fingerprint density at radius 1 is 1.11 bits per heavy atom. The number of phenolic OH excluding ortho intramolecular Hbond substituents is 1. The minimum atomic E-state index is -0.205. The molecule has 1 atom stereocenters. The molecule has 0 amide bonds. The number of rotatable bonds is 5. The van der Waals surface area contributed by atoms with Crippen LogP contribution in [0.15, 0.2) is 48.5 Å². The van der Waals surface area contributed by atoms with E-state index in [1.54, 1.807) is 30.3 Å². The number of hydrogen-bond acceptors (Lipinski definition) is 3. The Labute approximate surface area is 117 Å². The molecule has 4 heteroatoms. The fourth-order valence-electron chi connectivity index (χ4n) is 1.79. The fourth-order valence-corrected chi connectivity index (χ4v) is 1.98. The Morgan fingerprint density at radius 2 is 1.89 bits per heavy atom. The molecule has 1 unspecified atom stereocenters. The van der Waals surface area contributed by atoms with Crippen molar-refractivity contribution in [3.05, 3.63) is 59.1 Å². The molecule has 0 bridgehead atoms. The predicted octanol–water partition coefficient (Wildman–Crippen LogP) is 3.20. The van der Waals surface area contributed by atoms with E-state index in [9.17, 15) is 10.2 Å². The minimum absolute atomic E-state index is 0.0616. The molecule has 0 radical (unpaired) electrons. The summed E-state index contributed by atoms with van der Waals surface area (Å²) in [5.41, 5.74) is 0.828. The van der Waals surface area contributed by atoms with Crippen LogP contribution in [0.4, 0.5) is 0 Å². The van der Waals surface area contributed by atoms with Crippen LogP contribution in [0.1, 0.15) is 11.5 Å². The van der Waals surface area contributed by atoms with Crippen LogP contribution in [0.5, 0.6) is 11.5 Å². The van der Waals surface area contributed by atoms with Gasteiger partial charge in [-0.1, -0.05) is 35.9 Å². The monoisotopic (exact) mass is 278 g/mol. The molecule has 100 valence electrons. The van der Waals surface area contributed by atoms with Crippen LogP contribution < -0.4 is 4.74 Å². The molecular weight excluding hydrogens is 264 g/mol. The highest BCUT2D eigenvalue weighted by Crippen LogP contribution is 2.26. The highest BCUT2D eigenvalue weighted by molar-refractivity contribution is 6.32. The molecule has 2 rings (SSSR count). The lowest BCUT2D eigenvalue weighted by atomic mass is 10.0. The van der Waals surface area contributed by atoms with E-state index < -0.39 is 0 Å². The minimum Gasteiger partial charge on any atom is -0.508 e. The van der Waals surface area contributed by atoms with Gasteiger partial charge in [0.25, 0.3) is 0 Å². The summed E-state index contributed by atoms with van der Waals surface area (Å²) >= 11 is 5.99. The first kappa shape index (κ1) is 13.7. The number of aliphatic hydroxyl groups is 1. The number of ether oxygens (including phenoxy) is 1. The molecule has 2 aromatic rings. The van der Waals surface area contributed by atoms with Gasteiger partial charge in [0.15, 0.2) is 0 Å². The third-order valence-electron chi connectivity index (χ3n) is 2.84. The van der Waals surface area contributed by atoms with Crippen LogP contribution in [0.25, 0.3) is 0 Å². The lowest BCUT2D eigenvalue weighted by Crippen LogP contribution is -2.14. The van der Waals surface area contributed by atoms with Gasteiger partial charge in [0.05, 0.1) is 18.2 Å². The van der Waals surface area contributed by atoms with Crippen molar-refractivity contribution in [1.29, 1.82) is 0 Å². The molecule has 3 nitrogen and oxygen atoms in total. The van der Waals surface area contributed by atoms with E-state index in [0.29, 0.717) is 17.4 Å². The van der Waals surface area contributed by atoms with E-state index in [1.165, 1.54) is 0 Å². The first-order valence-corrected chi connectivity index (χ1v) is 6.35. The summed E-state index contributed by atoms with van der Waals surface area (Å²) in [5.74, 6) is 0.555. The maximum absolute atomic E-state index is 9.44. The van der Waals surface area contributed by atoms with Crippen LogP contribution in [-0.4, -0.2) is 23.4 Å². The van der Waals surface area contributed by atoms with Crippen LogP contribution in [0.2, 0.25) is 5.02 Å². The molecule has 0 spiro atoms. The van der Waals surface area contributed by atoms with Crippen LogP contribution in [0, 0.1) is 0 Å². The van der Waals surface area contributed by atoms with Gasteiger partial charge in [-0.3, -0.25) is 0 Å². The number of aromatic hydroxyl groups is 1. The summed E-state index contributed by atoms with van der Waals surface area (Å²) in [4.78, 5) is 0. The maximum Gasteiger partial charge on any atom is 0.137 e. The van der Waals surface area contributed by atoms with Crippen molar-refractivity contribution in [3.8, 4) is 11.5 Å². The van der Waals surface area contributed by atoms with Crippen LogP contribution >= 0.6 is 11.6 Å². The van der Waals surface area contributed by atoms with E-state index in [-0.39, 0.29) is 18.3 Å². The van der Waals surface area contributed by atoms with Crippen molar-refractivity contribution in [2.75, 3.05) is 13.2 Å². The van der Waals surface area contributed by atoms with Gasteiger partial charge in [0.2, 0.25) is 0 Å². The fraction of sp³-hybridized carbons (Fsp3) is 0.200. The van der Waals surface area contributed by atoms with Gasteiger partial charge in [0.1, 0.15) is 11.5 Å². The molecule has 0 saturated carbocycles. The zero-order chi connectivity index (χ0) is 13.7. The van der Waals surface area contributed by atoms with Crippen molar-refractivity contribution in [3.63, 3.8) is 0 Å². The van der Waals surface area contributed by atoms with Crippen molar-refractivity contribution in [1.82, 2.24) is 0 Å². The predicted molar refractivity (Wildman–Crippen MR) is 74.9 cm³/mol. The molecule has 0 aliphatic carbocycles. The van der Waals surface area contributed by atoms with Crippen LogP contribution in [0.3, 0.4) is 0 Å². The Bertz CT molecular complexity index is 542. The molecule has 0 aliphatic rings. The number of para-hydroxylation sites is 1. The number of phenols is 1. The van der Waals surface area contributed by atoms with Crippen molar-refractivity contribution < 1.29 is 14.9 Å². The zero-order valence-corrected chi connectivity index (χ0v) is 11.0. The number of aliphatic hydroxyl groups excluding tert-OH is 1. The number of benzene rings is 2. The van der Waals surface area contributed by atoms with Gasteiger partial charge < -0.3 is 14.9 Å². The van der Waals surface area contributed by atoms with Crippen molar-refractivity contribution in [2.24, 2.45) is 0 Å². The van der Waals surface area contributed by atoms with E-state index in [2.05, 4.69) is 0 Å². The third-order valence-corrected chi connectivity index (χ3v) is 3.15. The quantitative estimate of drug-likeness (QED) is 0.883. The lowest BCUT2D eigenvalue weighted by Gasteiger charge is -2.16. The topological polar surface area (TPSA) is 49.7 Å². The molecular formula is C15H15ClO3. The second-order valence-electron chi connectivity index (χ2n) is 4.22. The van der Waals surface area contributed by atoms with Crippen molar-refractivity contribution in [2.45, 2.75) is 5.92 Å². The molecule has 0 aromatic heterocycles. The summed E-state index contributed by atoms with van der Waals surface area (Å²) in [6, 6.07) is 14.0. The lowest BCUT2D eigenvalue weighted by molar-refractivity contribution is 0.205. The molecule has 19 heavy (non-hydrogen) atoms. The van der Waals surface area contributed by atoms with Gasteiger partial charge in [0, 0.05) is 5.92 Å². The average molecular weight is 279 g/mol. The average Bonchev–Trinajstić information content (AvgIpc) is 2.41. The smallest absolute Gasteiger partial charge is 0.137 e. The Kier molecular flexibility index (Phi) is 4.66. The summed E-state index contributed by atoms with van der Waals surface area (Å²) in [6.07, 6.45) is 0. The summed E-state index contributed by atoms with van der Waals surface area (Å²) < 4.78 is 5.61. The molecule has 0 saturated heterocycles. The SMILES string of the molecule is OCC(COc1ccccc1Cl)c1cccc(O)c1. The third kappa shape index (κ3) is 3.63. The van der Waals surface area contributed by atoms with Gasteiger partial charge in [-0.25, -0.2) is 0 Å². The maximum atomic E-state index is 9.44. The second kappa shape index (κ2) is 6.45. The zero-order valence-electron chi connectivity index (χ0n) is 10.3.